The second-order valence-electron chi connectivity index (χ2n) is 6.56. The molecule has 0 aromatic carbocycles. The van der Waals surface area contributed by atoms with Gasteiger partial charge in [0.05, 0.1) is 5.41 Å². The number of amides is 1. The van der Waals surface area contributed by atoms with Gasteiger partial charge in [0.25, 0.3) is 0 Å². The lowest BCUT2D eigenvalue weighted by molar-refractivity contribution is -0.143. The van der Waals surface area contributed by atoms with Crippen molar-refractivity contribution >= 4 is 5.91 Å². The first-order valence-corrected chi connectivity index (χ1v) is 8.24. The van der Waals surface area contributed by atoms with Gasteiger partial charge in [-0.1, -0.05) is 13.3 Å². The van der Waals surface area contributed by atoms with Crippen molar-refractivity contribution in [3.63, 3.8) is 0 Å². The monoisotopic (exact) mass is 290 g/mol. The van der Waals surface area contributed by atoms with Gasteiger partial charge in [0.2, 0.25) is 5.91 Å². The Bertz CT molecular complexity index is 465. The number of hydrogen-bond acceptors (Lipinski definition) is 3. The predicted octanol–water partition coefficient (Wildman–Crippen LogP) is 1.90. The Labute approximate surface area is 126 Å². The lowest BCUT2D eigenvalue weighted by Crippen LogP contribution is -2.48. The third-order valence-corrected chi connectivity index (χ3v) is 5.10. The van der Waals surface area contributed by atoms with Crippen molar-refractivity contribution in [1.29, 1.82) is 0 Å². The number of aromatic nitrogens is 2. The number of piperidine rings is 1. The fourth-order valence-electron chi connectivity index (χ4n) is 3.97. The molecule has 1 aromatic heterocycles. The first-order valence-electron chi connectivity index (χ1n) is 8.24. The van der Waals surface area contributed by atoms with Crippen LogP contribution in [0, 0.1) is 5.41 Å². The third kappa shape index (κ3) is 2.84. The summed E-state index contributed by atoms with van der Waals surface area (Å²) in [4.78, 5) is 15.2. The summed E-state index contributed by atoms with van der Waals surface area (Å²) in [7, 11) is 0. The van der Waals surface area contributed by atoms with Crippen molar-refractivity contribution in [2.75, 3.05) is 26.2 Å². The van der Waals surface area contributed by atoms with Gasteiger partial charge in [-0.05, 0) is 38.3 Å². The fourth-order valence-corrected chi connectivity index (χ4v) is 3.97. The van der Waals surface area contributed by atoms with Gasteiger partial charge < -0.3 is 10.2 Å². The summed E-state index contributed by atoms with van der Waals surface area (Å²) in [6.45, 7) is 5.76. The van der Waals surface area contributed by atoms with Crippen molar-refractivity contribution in [3.05, 3.63) is 18.0 Å². The second-order valence-corrected chi connectivity index (χ2v) is 6.56. The van der Waals surface area contributed by atoms with Crippen LogP contribution in [0.5, 0.6) is 0 Å². The average Bonchev–Trinajstić information content (AvgIpc) is 3.19. The fraction of sp³-hybridized carbons (Fsp3) is 0.750. The number of likely N-dealkylation sites (tertiary alicyclic amines) is 1. The number of nitrogens with one attached hydrogen (secondary N) is 2. The molecule has 2 atom stereocenters. The van der Waals surface area contributed by atoms with E-state index in [2.05, 4.69) is 27.3 Å². The van der Waals surface area contributed by atoms with Crippen LogP contribution in [-0.2, 0) is 4.79 Å². The molecule has 21 heavy (non-hydrogen) atoms. The normalized spacial score (nSPS) is 29.8. The van der Waals surface area contributed by atoms with Crippen LogP contribution in [-0.4, -0.2) is 47.2 Å². The van der Waals surface area contributed by atoms with E-state index in [9.17, 15) is 4.79 Å². The summed E-state index contributed by atoms with van der Waals surface area (Å²) in [5.41, 5.74) is 1.02. The minimum Gasteiger partial charge on any atom is -0.342 e. The van der Waals surface area contributed by atoms with Crippen molar-refractivity contribution in [2.24, 2.45) is 5.41 Å². The Balaban J connectivity index is 1.71. The highest BCUT2D eigenvalue weighted by atomic mass is 16.2. The Morgan fingerprint density at radius 3 is 3.14 bits per heavy atom. The zero-order valence-electron chi connectivity index (χ0n) is 12.9. The van der Waals surface area contributed by atoms with Gasteiger partial charge in [0.15, 0.2) is 0 Å². The first kappa shape index (κ1) is 14.6. The second kappa shape index (κ2) is 6.18. The van der Waals surface area contributed by atoms with Crippen molar-refractivity contribution < 1.29 is 4.79 Å². The van der Waals surface area contributed by atoms with Gasteiger partial charge in [-0.2, -0.15) is 5.10 Å². The highest BCUT2D eigenvalue weighted by molar-refractivity contribution is 5.83. The summed E-state index contributed by atoms with van der Waals surface area (Å²) >= 11 is 0. The van der Waals surface area contributed by atoms with Crippen LogP contribution in [0.4, 0.5) is 0 Å². The summed E-state index contributed by atoms with van der Waals surface area (Å²) in [6, 6.07) is 2.04. The van der Waals surface area contributed by atoms with E-state index in [1.807, 2.05) is 6.07 Å². The van der Waals surface area contributed by atoms with Crippen LogP contribution >= 0.6 is 0 Å². The predicted molar refractivity (Wildman–Crippen MR) is 82.0 cm³/mol. The molecular formula is C16H26N4O. The van der Waals surface area contributed by atoms with E-state index in [0.717, 1.165) is 58.3 Å². The van der Waals surface area contributed by atoms with Gasteiger partial charge in [-0.15, -0.1) is 0 Å². The van der Waals surface area contributed by atoms with E-state index in [0.29, 0.717) is 11.8 Å². The number of carbonyl (C=O) groups is 1. The molecule has 2 aliphatic heterocycles. The van der Waals surface area contributed by atoms with Crippen LogP contribution in [0.15, 0.2) is 12.3 Å². The first-order chi connectivity index (χ1) is 10.2. The van der Waals surface area contributed by atoms with Gasteiger partial charge >= 0.3 is 0 Å². The highest BCUT2D eigenvalue weighted by Gasteiger charge is 2.43. The molecule has 2 unspecified atom stereocenters. The quantitative estimate of drug-likeness (QED) is 0.890. The maximum atomic E-state index is 13.1. The number of nitrogens with zero attached hydrogens (tertiary/aromatic N) is 2. The van der Waals surface area contributed by atoms with Crippen molar-refractivity contribution in [1.82, 2.24) is 20.4 Å². The Morgan fingerprint density at radius 1 is 1.57 bits per heavy atom. The molecule has 1 amide bonds. The molecule has 0 aliphatic carbocycles. The molecule has 5 heteroatoms. The lowest BCUT2D eigenvalue weighted by Gasteiger charge is -2.38. The van der Waals surface area contributed by atoms with E-state index >= 15 is 0 Å². The smallest absolute Gasteiger partial charge is 0.230 e. The minimum atomic E-state index is -0.148. The molecule has 0 radical (unpaired) electrons. The molecule has 3 heterocycles. The number of H-pyrrole nitrogens is 1. The zero-order valence-corrected chi connectivity index (χ0v) is 12.9. The molecule has 1 aromatic rings. The van der Waals surface area contributed by atoms with E-state index in [1.165, 1.54) is 5.69 Å². The van der Waals surface area contributed by atoms with Crippen LogP contribution in [0.2, 0.25) is 0 Å². The van der Waals surface area contributed by atoms with Gasteiger partial charge in [0.1, 0.15) is 0 Å². The van der Waals surface area contributed by atoms with E-state index < -0.39 is 0 Å². The Kier molecular flexibility index (Phi) is 4.29. The molecule has 2 fully saturated rings. The van der Waals surface area contributed by atoms with Crippen molar-refractivity contribution in [2.45, 2.75) is 44.9 Å². The third-order valence-electron chi connectivity index (χ3n) is 5.10. The van der Waals surface area contributed by atoms with Crippen LogP contribution < -0.4 is 5.32 Å². The van der Waals surface area contributed by atoms with Crippen LogP contribution in [0.1, 0.15) is 50.6 Å². The van der Waals surface area contributed by atoms with Crippen LogP contribution in [0.25, 0.3) is 0 Å². The van der Waals surface area contributed by atoms with Gasteiger partial charge in [0, 0.05) is 37.4 Å². The van der Waals surface area contributed by atoms with Crippen molar-refractivity contribution in [3.8, 4) is 0 Å². The largest absolute Gasteiger partial charge is 0.342 e. The SMILES string of the molecule is CCCC1(C(=O)N2CCCC(c3ccn[nH]3)C2)CCNC1. The van der Waals surface area contributed by atoms with E-state index in [-0.39, 0.29) is 5.41 Å². The van der Waals surface area contributed by atoms with Gasteiger partial charge in [-0.25, -0.2) is 0 Å². The molecule has 0 bridgehead atoms. The summed E-state index contributed by atoms with van der Waals surface area (Å²) in [5.74, 6) is 0.789. The molecule has 0 spiro atoms. The van der Waals surface area contributed by atoms with Gasteiger partial charge in [-0.3, -0.25) is 9.89 Å². The standard InChI is InChI=1S/C16H26N4O/c1-2-6-16(7-9-17-12-16)15(21)20-10-3-4-13(11-20)14-5-8-18-19-14/h5,8,13,17H,2-4,6-7,9-12H2,1H3,(H,18,19). The summed E-state index contributed by atoms with van der Waals surface area (Å²) in [6.07, 6.45) is 7.10. The summed E-state index contributed by atoms with van der Waals surface area (Å²) in [5, 5.41) is 10.5. The van der Waals surface area contributed by atoms with E-state index in [4.69, 9.17) is 0 Å². The molecule has 116 valence electrons. The average molecular weight is 290 g/mol. The Morgan fingerprint density at radius 2 is 2.48 bits per heavy atom. The highest BCUT2D eigenvalue weighted by Crippen LogP contribution is 2.35. The molecule has 5 nitrogen and oxygen atoms in total. The number of aromatic amines is 1. The molecule has 2 N–H and O–H groups in total. The van der Waals surface area contributed by atoms with E-state index in [1.54, 1.807) is 6.20 Å². The minimum absolute atomic E-state index is 0.148. The molecule has 2 aliphatic rings. The lowest BCUT2D eigenvalue weighted by atomic mass is 9.80. The number of hydrogen-bond donors (Lipinski definition) is 2. The van der Waals surface area contributed by atoms with Crippen LogP contribution in [0.3, 0.4) is 0 Å². The molecular weight excluding hydrogens is 264 g/mol. The number of carbonyl (C=O) groups excluding carboxylic acids is 1. The zero-order chi connectivity index (χ0) is 14.7. The molecule has 2 saturated heterocycles. The maximum Gasteiger partial charge on any atom is 0.230 e. The summed E-state index contributed by atoms with van der Waals surface area (Å²) < 4.78 is 0. The topological polar surface area (TPSA) is 61.0 Å². The molecule has 0 saturated carbocycles. The molecule has 3 rings (SSSR count). The Hall–Kier alpha value is -1.36. The number of rotatable bonds is 4. The maximum absolute atomic E-state index is 13.1.